The van der Waals surface area contributed by atoms with Gasteiger partial charge in [-0.05, 0) is 22.4 Å². The molecule has 15 heavy (non-hydrogen) atoms. The molecule has 0 radical (unpaired) electrons. The first-order valence-electron chi connectivity index (χ1n) is 4.69. The van der Waals surface area contributed by atoms with Crippen LogP contribution < -0.4 is 4.90 Å². The van der Waals surface area contributed by atoms with Gasteiger partial charge in [-0.15, -0.1) is 0 Å². The highest BCUT2D eigenvalue weighted by molar-refractivity contribution is 9.10. The van der Waals surface area contributed by atoms with E-state index < -0.39 is 5.60 Å². The first kappa shape index (κ1) is 10.8. The van der Waals surface area contributed by atoms with Crippen LogP contribution in [0, 0.1) is 0 Å². The quantitative estimate of drug-likeness (QED) is 0.804. The molecule has 0 aliphatic carbocycles. The number of hydrogen-bond acceptors (Lipinski definition) is 5. The average molecular weight is 274 g/mol. The number of hydrogen-bond donors (Lipinski definition) is 2. The Balaban J connectivity index is 2.11. The zero-order chi connectivity index (χ0) is 10.9. The normalized spacial score (nSPS) is 25.9. The van der Waals surface area contributed by atoms with Crippen molar-refractivity contribution in [1.29, 1.82) is 0 Å². The first-order chi connectivity index (χ1) is 7.13. The van der Waals surface area contributed by atoms with E-state index in [0.29, 0.717) is 24.1 Å². The highest BCUT2D eigenvalue weighted by Crippen LogP contribution is 2.24. The molecule has 0 amide bonds. The van der Waals surface area contributed by atoms with Gasteiger partial charge in [-0.3, -0.25) is 0 Å². The fraction of sp³-hybridized carbons (Fsp3) is 0.556. The summed E-state index contributed by atoms with van der Waals surface area (Å²) in [5.41, 5.74) is -0.991. The molecule has 0 aromatic carbocycles. The summed E-state index contributed by atoms with van der Waals surface area (Å²) in [6.45, 7) is 0.876. The third-order valence-electron chi connectivity index (χ3n) is 2.56. The Morgan fingerprint density at radius 1 is 1.47 bits per heavy atom. The molecule has 6 heteroatoms. The van der Waals surface area contributed by atoms with Gasteiger partial charge in [-0.1, -0.05) is 0 Å². The van der Waals surface area contributed by atoms with Crippen molar-refractivity contribution < 1.29 is 10.2 Å². The Kier molecular flexibility index (Phi) is 2.90. The van der Waals surface area contributed by atoms with Gasteiger partial charge in [0.1, 0.15) is 16.0 Å². The number of aliphatic hydroxyl groups excluding tert-OH is 1. The minimum Gasteiger partial charge on any atom is -0.393 e. The first-order valence-corrected chi connectivity index (χ1v) is 5.48. The van der Waals surface area contributed by atoms with Crippen molar-refractivity contribution in [3.05, 3.63) is 17.0 Å². The number of aromatic nitrogens is 2. The van der Waals surface area contributed by atoms with E-state index in [0.717, 1.165) is 5.82 Å². The Hall–Kier alpha value is -0.720. The molecule has 1 aromatic rings. The van der Waals surface area contributed by atoms with Crippen LogP contribution in [0.3, 0.4) is 0 Å². The SMILES string of the molecule is OCC1(O)CCN(c2cnc(Br)cn2)C1. The molecule has 0 bridgehead atoms. The second kappa shape index (κ2) is 4.03. The average Bonchev–Trinajstić information content (AvgIpc) is 2.63. The molecule has 1 fully saturated rings. The molecule has 1 aliphatic heterocycles. The molecule has 0 spiro atoms. The molecule has 1 unspecified atom stereocenters. The van der Waals surface area contributed by atoms with Crippen LogP contribution in [0.4, 0.5) is 5.82 Å². The summed E-state index contributed by atoms with van der Waals surface area (Å²) >= 11 is 3.21. The molecule has 1 aliphatic rings. The maximum absolute atomic E-state index is 9.84. The number of β-amino-alcohol motifs (C(OH)–C–C–N with tert-alkyl or cyclic N) is 1. The van der Waals surface area contributed by atoms with Crippen molar-refractivity contribution in [1.82, 2.24) is 9.97 Å². The highest BCUT2D eigenvalue weighted by Gasteiger charge is 2.35. The topological polar surface area (TPSA) is 69.5 Å². The van der Waals surface area contributed by atoms with Crippen molar-refractivity contribution >= 4 is 21.7 Å². The van der Waals surface area contributed by atoms with Crippen molar-refractivity contribution in [3.8, 4) is 0 Å². The van der Waals surface area contributed by atoms with E-state index in [9.17, 15) is 5.11 Å². The standard InChI is InChI=1S/C9H12BrN3O2/c10-7-3-12-8(4-11-7)13-2-1-9(15,5-13)6-14/h3-4,14-15H,1-2,5-6H2. The fourth-order valence-electron chi connectivity index (χ4n) is 1.65. The molecule has 5 nitrogen and oxygen atoms in total. The van der Waals surface area contributed by atoms with E-state index in [2.05, 4.69) is 25.9 Å². The summed E-state index contributed by atoms with van der Waals surface area (Å²) in [5.74, 6) is 0.725. The van der Waals surface area contributed by atoms with Crippen molar-refractivity contribution in [3.63, 3.8) is 0 Å². The Morgan fingerprint density at radius 3 is 2.80 bits per heavy atom. The van der Waals surface area contributed by atoms with Gasteiger partial charge in [0.25, 0.3) is 0 Å². The van der Waals surface area contributed by atoms with Gasteiger partial charge in [0.2, 0.25) is 0 Å². The summed E-state index contributed by atoms with van der Waals surface area (Å²) in [4.78, 5) is 10.2. The maximum Gasteiger partial charge on any atom is 0.147 e. The van der Waals surface area contributed by atoms with Crippen molar-refractivity contribution in [2.75, 3.05) is 24.6 Å². The number of rotatable bonds is 2. The number of aliphatic hydroxyl groups is 2. The van der Waals surface area contributed by atoms with E-state index >= 15 is 0 Å². The zero-order valence-electron chi connectivity index (χ0n) is 8.10. The Morgan fingerprint density at radius 2 is 2.27 bits per heavy atom. The minimum atomic E-state index is -0.991. The van der Waals surface area contributed by atoms with Crippen LogP contribution in [-0.2, 0) is 0 Å². The summed E-state index contributed by atoms with van der Waals surface area (Å²) in [7, 11) is 0. The molecule has 1 saturated heterocycles. The van der Waals surface area contributed by atoms with Crippen LogP contribution in [-0.4, -0.2) is 45.5 Å². The number of anilines is 1. The predicted molar refractivity (Wildman–Crippen MR) is 58.6 cm³/mol. The van der Waals surface area contributed by atoms with Crippen LogP contribution in [0.1, 0.15) is 6.42 Å². The Labute approximate surface area is 95.9 Å². The molecule has 1 aromatic heterocycles. The van der Waals surface area contributed by atoms with Gasteiger partial charge in [0.05, 0.1) is 25.5 Å². The molecule has 2 N–H and O–H groups in total. The summed E-state index contributed by atoms with van der Waals surface area (Å²) in [5, 5.41) is 18.9. The van der Waals surface area contributed by atoms with Crippen LogP contribution >= 0.6 is 15.9 Å². The molecular formula is C9H12BrN3O2. The second-order valence-corrected chi connectivity index (χ2v) is 4.56. The minimum absolute atomic E-state index is 0.215. The van der Waals surface area contributed by atoms with Gasteiger partial charge in [0, 0.05) is 6.54 Å². The Bertz CT molecular complexity index is 346. The van der Waals surface area contributed by atoms with Gasteiger partial charge in [-0.25, -0.2) is 9.97 Å². The van der Waals surface area contributed by atoms with Gasteiger partial charge >= 0.3 is 0 Å². The highest BCUT2D eigenvalue weighted by atomic mass is 79.9. The summed E-state index contributed by atoms with van der Waals surface area (Å²) in [6, 6.07) is 0. The van der Waals surface area contributed by atoms with E-state index in [1.807, 2.05) is 4.90 Å². The lowest BCUT2D eigenvalue weighted by Crippen LogP contribution is -2.36. The largest absolute Gasteiger partial charge is 0.393 e. The van der Waals surface area contributed by atoms with Crippen molar-refractivity contribution in [2.24, 2.45) is 0 Å². The summed E-state index contributed by atoms with van der Waals surface area (Å²) in [6.07, 6.45) is 3.82. The lowest BCUT2D eigenvalue weighted by atomic mass is 10.1. The van der Waals surface area contributed by atoms with E-state index in [4.69, 9.17) is 5.11 Å². The molecule has 2 heterocycles. The zero-order valence-corrected chi connectivity index (χ0v) is 9.68. The lowest BCUT2D eigenvalue weighted by molar-refractivity contribution is 0.00473. The molecule has 0 saturated carbocycles. The van der Waals surface area contributed by atoms with Crippen LogP contribution in [0.25, 0.3) is 0 Å². The molecule has 82 valence electrons. The van der Waals surface area contributed by atoms with Gasteiger partial charge in [0.15, 0.2) is 0 Å². The van der Waals surface area contributed by atoms with Crippen LogP contribution in [0.5, 0.6) is 0 Å². The van der Waals surface area contributed by atoms with Crippen molar-refractivity contribution in [2.45, 2.75) is 12.0 Å². The number of halogens is 1. The fourth-order valence-corrected chi connectivity index (χ4v) is 1.85. The second-order valence-electron chi connectivity index (χ2n) is 3.75. The molecular weight excluding hydrogens is 262 g/mol. The smallest absolute Gasteiger partial charge is 0.147 e. The van der Waals surface area contributed by atoms with E-state index in [1.165, 1.54) is 0 Å². The lowest BCUT2D eigenvalue weighted by Gasteiger charge is -2.21. The third-order valence-corrected chi connectivity index (χ3v) is 2.97. The molecule has 1 atom stereocenters. The van der Waals surface area contributed by atoms with E-state index in [1.54, 1.807) is 12.4 Å². The van der Waals surface area contributed by atoms with Crippen LogP contribution in [0.15, 0.2) is 17.0 Å². The van der Waals surface area contributed by atoms with Gasteiger partial charge < -0.3 is 15.1 Å². The summed E-state index contributed by atoms with van der Waals surface area (Å²) < 4.78 is 0.683. The maximum atomic E-state index is 9.84. The number of nitrogens with zero attached hydrogens (tertiary/aromatic N) is 3. The molecule has 2 rings (SSSR count). The third kappa shape index (κ3) is 2.27. The van der Waals surface area contributed by atoms with Gasteiger partial charge in [-0.2, -0.15) is 0 Å². The van der Waals surface area contributed by atoms with Crippen LogP contribution in [0.2, 0.25) is 0 Å². The monoisotopic (exact) mass is 273 g/mol. The van der Waals surface area contributed by atoms with E-state index in [-0.39, 0.29) is 6.61 Å². The predicted octanol–water partition coefficient (Wildman–Crippen LogP) is 0.173.